The molecule has 3 N–H and O–H groups in total. The first-order valence-corrected chi connectivity index (χ1v) is 5.57. The topological polar surface area (TPSA) is 84.9 Å². The Labute approximate surface area is 101 Å². The standard InChI is InChI=1S/C10H20N4O3/c1-10(2,8(15)16)11-9(17)12-14-6-4-13(3)5-7-14/h4-7H2,1-3H3,(H,15,16)(H2,11,12,17). The molecule has 1 fully saturated rings. The highest BCUT2D eigenvalue weighted by molar-refractivity contribution is 5.85. The van der Waals surface area contributed by atoms with Crippen LogP contribution in [0.2, 0.25) is 0 Å². The van der Waals surface area contributed by atoms with E-state index in [-0.39, 0.29) is 0 Å². The van der Waals surface area contributed by atoms with Gasteiger partial charge >= 0.3 is 12.0 Å². The molecule has 0 saturated carbocycles. The highest BCUT2D eigenvalue weighted by Gasteiger charge is 2.29. The Morgan fingerprint density at radius 1 is 1.18 bits per heavy atom. The number of rotatable bonds is 3. The highest BCUT2D eigenvalue weighted by atomic mass is 16.4. The Hall–Kier alpha value is -1.34. The molecule has 1 saturated heterocycles. The van der Waals surface area contributed by atoms with Crippen molar-refractivity contribution in [2.24, 2.45) is 0 Å². The number of likely N-dealkylation sites (N-methyl/N-ethyl adjacent to an activating group) is 1. The highest BCUT2D eigenvalue weighted by Crippen LogP contribution is 2.01. The fourth-order valence-corrected chi connectivity index (χ4v) is 1.43. The van der Waals surface area contributed by atoms with Gasteiger partial charge in [0.05, 0.1) is 0 Å². The van der Waals surface area contributed by atoms with Crippen molar-refractivity contribution in [3.8, 4) is 0 Å². The average molecular weight is 244 g/mol. The van der Waals surface area contributed by atoms with E-state index in [1.54, 1.807) is 5.01 Å². The third-order valence-electron chi connectivity index (χ3n) is 2.72. The second-order valence-electron chi connectivity index (χ2n) is 4.79. The Morgan fingerprint density at radius 2 is 1.71 bits per heavy atom. The Bertz CT molecular complexity index is 298. The van der Waals surface area contributed by atoms with Crippen LogP contribution in [0.4, 0.5) is 4.79 Å². The minimum absolute atomic E-state index is 0.484. The Morgan fingerprint density at radius 3 is 2.18 bits per heavy atom. The van der Waals surface area contributed by atoms with Gasteiger partial charge in [0.2, 0.25) is 0 Å². The second kappa shape index (κ2) is 5.33. The van der Waals surface area contributed by atoms with E-state index in [9.17, 15) is 9.59 Å². The van der Waals surface area contributed by atoms with Gasteiger partial charge in [-0.1, -0.05) is 0 Å². The molecule has 1 heterocycles. The van der Waals surface area contributed by atoms with E-state index < -0.39 is 17.5 Å². The van der Waals surface area contributed by atoms with Gasteiger partial charge in [0.1, 0.15) is 5.54 Å². The zero-order chi connectivity index (χ0) is 13.1. The number of piperazine rings is 1. The van der Waals surface area contributed by atoms with Crippen LogP contribution in [0.3, 0.4) is 0 Å². The molecule has 2 amide bonds. The molecule has 0 bridgehead atoms. The molecule has 0 aliphatic carbocycles. The fourth-order valence-electron chi connectivity index (χ4n) is 1.43. The molecule has 0 aromatic rings. The first-order chi connectivity index (χ1) is 7.81. The third-order valence-corrected chi connectivity index (χ3v) is 2.72. The van der Waals surface area contributed by atoms with Gasteiger partial charge in [-0.3, -0.25) is 5.43 Å². The van der Waals surface area contributed by atoms with E-state index in [1.807, 2.05) is 7.05 Å². The summed E-state index contributed by atoms with van der Waals surface area (Å²) in [7, 11) is 2.02. The van der Waals surface area contributed by atoms with Crippen molar-refractivity contribution < 1.29 is 14.7 Å². The smallest absolute Gasteiger partial charge is 0.330 e. The second-order valence-corrected chi connectivity index (χ2v) is 4.79. The van der Waals surface area contributed by atoms with Crippen LogP contribution < -0.4 is 10.7 Å². The summed E-state index contributed by atoms with van der Waals surface area (Å²) in [6.07, 6.45) is 0. The number of hydrazine groups is 1. The van der Waals surface area contributed by atoms with Crippen LogP contribution in [0.5, 0.6) is 0 Å². The number of nitrogens with one attached hydrogen (secondary N) is 2. The summed E-state index contributed by atoms with van der Waals surface area (Å²) >= 11 is 0. The molecule has 1 aliphatic rings. The first kappa shape index (κ1) is 13.7. The lowest BCUT2D eigenvalue weighted by atomic mass is 10.1. The number of amides is 2. The van der Waals surface area contributed by atoms with Crippen molar-refractivity contribution in [3.63, 3.8) is 0 Å². The largest absolute Gasteiger partial charge is 0.480 e. The van der Waals surface area contributed by atoms with Crippen molar-refractivity contribution in [1.82, 2.24) is 20.7 Å². The molecule has 1 aliphatic heterocycles. The predicted molar refractivity (Wildman–Crippen MR) is 62.5 cm³/mol. The van der Waals surface area contributed by atoms with Gasteiger partial charge in [-0.2, -0.15) is 0 Å². The van der Waals surface area contributed by atoms with Crippen LogP contribution in [0.1, 0.15) is 13.8 Å². The molecule has 0 spiro atoms. The number of nitrogens with zero attached hydrogens (tertiary/aromatic N) is 2. The fraction of sp³-hybridized carbons (Fsp3) is 0.800. The van der Waals surface area contributed by atoms with Gasteiger partial charge in [0.15, 0.2) is 0 Å². The zero-order valence-corrected chi connectivity index (χ0v) is 10.5. The number of urea groups is 1. The maximum Gasteiger partial charge on any atom is 0.330 e. The van der Waals surface area contributed by atoms with Crippen LogP contribution in [0.25, 0.3) is 0 Å². The molecule has 7 nitrogen and oxygen atoms in total. The summed E-state index contributed by atoms with van der Waals surface area (Å²) in [5.41, 5.74) is 1.38. The van der Waals surface area contributed by atoms with Crippen molar-refractivity contribution in [3.05, 3.63) is 0 Å². The number of hydrogen-bond acceptors (Lipinski definition) is 4. The van der Waals surface area contributed by atoms with Crippen LogP contribution in [-0.2, 0) is 4.79 Å². The summed E-state index contributed by atoms with van der Waals surface area (Å²) in [5.74, 6) is -1.06. The van der Waals surface area contributed by atoms with E-state index in [4.69, 9.17) is 5.11 Å². The number of hydrogen-bond donors (Lipinski definition) is 3. The molecule has 0 radical (unpaired) electrons. The number of carbonyl (C=O) groups is 2. The summed E-state index contributed by atoms with van der Waals surface area (Å²) in [4.78, 5) is 24.6. The summed E-state index contributed by atoms with van der Waals surface area (Å²) in [6, 6.07) is -0.484. The monoisotopic (exact) mass is 244 g/mol. The van der Waals surface area contributed by atoms with Crippen LogP contribution >= 0.6 is 0 Å². The number of carbonyl (C=O) groups excluding carboxylic acids is 1. The molecule has 0 atom stereocenters. The molecule has 1 rings (SSSR count). The van der Waals surface area contributed by atoms with E-state index in [1.165, 1.54) is 13.8 Å². The molecule has 17 heavy (non-hydrogen) atoms. The molecular formula is C10H20N4O3. The minimum atomic E-state index is -1.27. The van der Waals surface area contributed by atoms with E-state index >= 15 is 0 Å². The van der Waals surface area contributed by atoms with Gasteiger partial charge in [-0.15, -0.1) is 0 Å². The van der Waals surface area contributed by atoms with Crippen molar-refractivity contribution >= 4 is 12.0 Å². The minimum Gasteiger partial charge on any atom is -0.480 e. The molecule has 0 aromatic heterocycles. The van der Waals surface area contributed by atoms with E-state index in [0.29, 0.717) is 0 Å². The van der Waals surface area contributed by atoms with Gasteiger partial charge in [-0.05, 0) is 20.9 Å². The van der Waals surface area contributed by atoms with E-state index in [0.717, 1.165) is 26.2 Å². The van der Waals surface area contributed by atoms with E-state index in [2.05, 4.69) is 15.6 Å². The number of carboxylic acids is 1. The summed E-state index contributed by atoms with van der Waals surface area (Å²) < 4.78 is 0. The van der Waals surface area contributed by atoms with Gasteiger partial charge < -0.3 is 15.3 Å². The lowest BCUT2D eigenvalue weighted by Gasteiger charge is -2.33. The summed E-state index contributed by atoms with van der Waals surface area (Å²) in [5, 5.41) is 13.1. The van der Waals surface area contributed by atoms with Gasteiger partial charge in [0, 0.05) is 26.2 Å². The zero-order valence-electron chi connectivity index (χ0n) is 10.5. The maximum absolute atomic E-state index is 11.6. The third kappa shape index (κ3) is 4.20. The van der Waals surface area contributed by atoms with Crippen LogP contribution in [-0.4, -0.2) is 65.8 Å². The van der Waals surface area contributed by atoms with Crippen LogP contribution in [0.15, 0.2) is 0 Å². The van der Waals surface area contributed by atoms with Gasteiger partial charge in [0.25, 0.3) is 0 Å². The van der Waals surface area contributed by atoms with Crippen molar-refractivity contribution in [2.45, 2.75) is 19.4 Å². The lowest BCUT2D eigenvalue weighted by Crippen LogP contribution is -2.59. The van der Waals surface area contributed by atoms with Crippen LogP contribution in [0, 0.1) is 0 Å². The molecule has 7 heteroatoms. The Balaban J connectivity index is 2.37. The average Bonchev–Trinajstić information content (AvgIpc) is 2.20. The molecule has 0 unspecified atom stereocenters. The Kier molecular flexibility index (Phi) is 4.30. The first-order valence-electron chi connectivity index (χ1n) is 5.57. The van der Waals surface area contributed by atoms with Crippen molar-refractivity contribution in [2.75, 3.05) is 33.2 Å². The SMILES string of the molecule is CN1CCN(NC(=O)NC(C)(C)C(=O)O)CC1. The number of aliphatic carboxylic acids is 1. The van der Waals surface area contributed by atoms with Crippen molar-refractivity contribution in [1.29, 1.82) is 0 Å². The van der Waals surface area contributed by atoms with Gasteiger partial charge in [-0.25, -0.2) is 14.6 Å². The summed E-state index contributed by atoms with van der Waals surface area (Å²) in [6.45, 7) is 6.11. The normalized spacial score (nSPS) is 18.8. The molecule has 0 aromatic carbocycles. The molecule has 98 valence electrons. The predicted octanol–water partition coefficient (Wildman–Crippen LogP) is -0.689. The lowest BCUT2D eigenvalue weighted by molar-refractivity contribution is -0.142. The molecular weight excluding hydrogens is 224 g/mol. The number of carboxylic acid groups (broad SMARTS) is 1. The maximum atomic E-state index is 11.6. The quantitative estimate of drug-likeness (QED) is 0.612.